The first-order valence-electron chi connectivity index (χ1n) is 9.57. The highest BCUT2D eigenvalue weighted by molar-refractivity contribution is 5.42. The Bertz CT molecular complexity index is 903. The molecule has 1 aliphatic rings. The maximum Gasteiger partial charge on any atom is 0.163 e. The number of benzene rings is 2. The van der Waals surface area contributed by atoms with Gasteiger partial charge in [0.05, 0.1) is 12.4 Å². The van der Waals surface area contributed by atoms with Crippen molar-refractivity contribution >= 4 is 0 Å². The van der Waals surface area contributed by atoms with Gasteiger partial charge in [-0.1, -0.05) is 38.1 Å². The SMILES string of the molecule is CC(C)(c1ccc(Oc2cncnc2)cc1)c1ccc(OC2CC(N)C2)cc1. The molecular weight excluding hydrogens is 350 g/mol. The molecule has 5 heteroatoms. The molecule has 3 aromatic rings. The molecule has 1 aliphatic carbocycles. The molecule has 1 fully saturated rings. The van der Waals surface area contributed by atoms with Gasteiger partial charge in [-0.15, -0.1) is 0 Å². The molecule has 28 heavy (non-hydrogen) atoms. The van der Waals surface area contributed by atoms with Crippen LogP contribution in [0.5, 0.6) is 17.2 Å². The summed E-state index contributed by atoms with van der Waals surface area (Å²) in [6.45, 7) is 4.43. The Morgan fingerprint density at radius 3 is 1.89 bits per heavy atom. The van der Waals surface area contributed by atoms with Crippen LogP contribution in [0.2, 0.25) is 0 Å². The van der Waals surface area contributed by atoms with E-state index in [2.05, 4.69) is 48.1 Å². The molecule has 5 nitrogen and oxygen atoms in total. The molecule has 0 radical (unpaired) electrons. The number of aromatic nitrogens is 2. The predicted octanol–water partition coefficient (Wildman–Crippen LogP) is 4.46. The van der Waals surface area contributed by atoms with E-state index in [1.54, 1.807) is 12.4 Å². The summed E-state index contributed by atoms with van der Waals surface area (Å²) < 4.78 is 11.7. The predicted molar refractivity (Wildman–Crippen MR) is 109 cm³/mol. The fourth-order valence-electron chi connectivity index (χ4n) is 3.43. The minimum Gasteiger partial charge on any atom is -0.490 e. The number of nitrogens with zero attached hydrogens (tertiary/aromatic N) is 2. The van der Waals surface area contributed by atoms with Gasteiger partial charge in [0.2, 0.25) is 0 Å². The lowest BCUT2D eigenvalue weighted by molar-refractivity contribution is 0.101. The molecule has 0 unspecified atom stereocenters. The first-order valence-corrected chi connectivity index (χ1v) is 9.57. The van der Waals surface area contributed by atoms with Gasteiger partial charge in [0.1, 0.15) is 23.9 Å². The maximum atomic E-state index is 5.96. The maximum absolute atomic E-state index is 5.96. The third kappa shape index (κ3) is 3.99. The van der Waals surface area contributed by atoms with Crippen molar-refractivity contribution in [2.75, 3.05) is 0 Å². The van der Waals surface area contributed by atoms with Gasteiger partial charge in [-0.25, -0.2) is 9.97 Å². The first-order chi connectivity index (χ1) is 13.5. The second-order valence-corrected chi connectivity index (χ2v) is 7.82. The average Bonchev–Trinajstić information content (AvgIpc) is 2.68. The smallest absolute Gasteiger partial charge is 0.163 e. The van der Waals surface area contributed by atoms with E-state index in [0.29, 0.717) is 11.8 Å². The minimum absolute atomic E-state index is 0.133. The number of hydrogen-bond donors (Lipinski definition) is 1. The van der Waals surface area contributed by atoms with E-state index in [0.717, 1.165) is 24.3 Å². The third-order valence-corrected chi connectivity index (χ3v) is 5.36. The summed E-state index contributed by atoms with van der Waals surface area (Å²) in [6.07, 6.45) is 6.91. The Labute approximate surface area is 165 Å². The lowest BCUT2D eigenvalue weighted by Gasteiger charge is -2.33. The number of rotatable bonds is 6. The van der Waals surface area contributed by atoms with Crippen molar-refractivity contribution in [2.45, 2.75) is 44.2 Å². The molecule has 0 bridgehead atoms. The van der Waals surface area contributed by atoms with E-state index in [1.807, 2.05) is 24.3 Å². The monoisotopic (exact) mass is 375 g/mol. The third-order valence-electron chi connectivity index (χ3n) is 5.36. The molecule has 2 aromatic carbocycles. The minimum atomic E-state index is -0.133. The molecule has 1 saturated carbocycles. The Morgan fingerprint density at radius 2 is 1.36 bits per heavy atom. The van der Waals surface area contributed by atoms with Gasteiger partial charge < -0.3 is 15.2 Å². The van der Waals surface area contributed by atoms with Gasteiger partial charge in [-0.05, 0) is 48.2 Å². The van der Waals surface area contributed by atoms with Crippen LogP contribution in [0, 0.1) is 0 Å². The van der Waals surface area contributed by atoms with E-state index in [9.17, 15) is 0 Å². The van der Waals surface area contributed by atoms with Crippen molar-refractivity contribution < 1.29 is 9.47 Å². The zero-order valence-corrected chi connectivity index (χ0v) is 16.2. The molecule has 0 saturated heterocycles. The lowest BCUT2D eigenvalue weighted by Crippen LogP contribution is -2.43. The summed E-state index contributed by atoms with van der Waals surface area (Å²) in [5.74, 6) is 2.29. The molecule has 1 aromatic heterocycles. The number of ether oxygens (including phenoxy) is 2. The highest BCUT2D eigenvalue weighted by Crippen LogP contribution is 2.34. The zero-order chi connectivity index (χ0) is 19.6. The summed E-state index contributed by atoms with van der Waals surface area (Å²) in [6, 6.07) is 16.8. The zero-order valence-electron chi connectivity index (χ0n) is 16.2. The van der Waals surface area contributed by atoms with Gasteiger partial charge in [-0.3, -0.25) is 0 Å². The molecule has 1 heterocycles. The van der Waals surface area contributed by atoms with E-state index in [-0.39, 0.29) is 11.5 Å². The highest BCUT2D eigenvalue weighted by Gasteiger charge is 2.28. The van der Waals surface area contributed by atoms with Crippen LogP contribution in [0.25, 0.3) is 0 Å². The van der Waals surface area contributed by atoms with E-state index < -0.39 is 0 Å². The average molecular weight is 375 g/mol. The van der Waals surface area contributed by atoms with Gasteiger partial charge in [0, 0.05) is 11.5 Å². The normalized spacial score (nSPS) is 19.0. The molecular formula is C23H25N3O2. The molecule has 4 rings (SSSR count). The van der Waals surface area contributed by atoms with Gasteiger partial charge in [0.15, 0.2) is 5.75 Å². The van der Waals surface area contributed by atoms with Crippen molar-refractivity contribution in [3.05, 3.63) is 78.4 Å². The van der Waals surface area contributed by atoms with Crippen molar-refractivity contribution in [1.29, 1.82) is 0 Å². The second kappa shape index (κ2) is 7.60. The molecule has 144 valence electrons. The molecule has 0 aliphatic heterocycles. The van der Waals surface area contributed by atoms with Crippen LogP contribution in [-0.4, -0.2) is 22.1 Å². The van der Waals surface area contributed by atoms with E-state index in [4.69, 9.17) is 15.2 Å². The summed E-state index contributed by atoms with van der Waals surface area (Å²) in [7, 11) is 0. The van der Waals surface area contributed by atoms with E-state index >= 15 is 0 Å². The van der Waals surface area contributed by atoms with Gasteiger partial charge in [0.25, 0.3) is 0 Å². The fourth-order valence-corrected chi connectivity index (χ4v) is 3.43. The van der Waals surface area contributed by atoms with Crippen molar-refractivity contribution in [3.8, 4) is 17.2 Å². The van der Waals surface area contributed by atoms with Crippen LogP contribution < -0.4 is 15.2 Å². The number of nitrogens with two attached hydrogens (primary N) is 1. The Morgan fingerprint density at radius 1 is 0.821 bits per heavy atom. The Hall–Kier alpha value is -2.92. The largest absolute Gasteiger partial charge is 0.490 e. The topological polar surface area (TPSA) is 70.3 Å². The van der Waals surface area contributed by atoms with Crippen LogP contribution in [0.15, 0.2) is 67.3 Å². The Balaban J connectivity index is 1.45. The summed E-state index contributed by atoms with van der Waals surface area (Å²) in [5, 5.41) is 0. The van der Waals surface area contributed by atoms with Gasteiger partial charge in [-0.2, -0.15) is 0 Å². The summed E-state index contributed by atoms with van der Waals surface area (Å²) >= 11 is 0. The standard InChI is InChI=1S/C23H25N3O2/c1-23(2,16-3-7-19(8-4-16)27-21-11-18(24)12-21)17-5-9-20(10-6-17)28-22-13-25-15-26-14-22/h3-10,13-15,18,21H,11-12,24H2,1-2H3. The molecule has 0 amide bonds. The van der Waals surface area contributed by atoms with Crippen LogP contribution in [-0.2, 0) is 5.41 Å². The summed E-state index contributed by atoms with van der Waals surface area (Å²) in [5.41, 5.74) is 8.14. The van der Waals surface area contributed by atoms with Crippen LogP contribution >= 0.6 is 0 Å². The highest BCUT2D eigenvalue weighted by atomic mass is 16.5. The fraction of sp³-hybridized carbons (Fsp3) is 0.304. The first kappa shape index (κ1) is 18.4. The molecule has 0 atom stereocenters. The molecule has 2 N–H and O–H groups in total. The lowest BCUT2D eigenvalue weighted by atomic mass is 9.78. The second-order valence-electron chi connectivity index (χ2n) is 7.82. The summed E-state index contributed by atoms with van der Waals surface area (Å²) in [4.78, 5) is 7.92. The Kier molecular flexibility index (Phi) is 5.01. The van der Waals surface area contributed by atoms with Crippen LogP contribution in [0.3, 0.4) is 0 Å². The van der Waals surface area contributed by atoms with Crippen molar-refractivity contribution in [1.82, 2.24) is 9.97 Å². The quantitative estimate of drug-likeness (QED) is 0.689. The van der Waals surface area contributed by atoms with Crippen molar-refractivity contribution in [2.24, 2.45) is 5.73 Å². The van der Waals surface area contributed by atoms with Crippen LogP contribution in [0.4, 0.5) is 0 Å². The van der Waals surface area contributed by atoms with Crippen LogP contribution in [0.1, 0.15) is 37.8 Å². The van der Waals surface area contributed by atoms with Gasteiger partial charge >= 0.3 is 0 Å². The molecule has 0 spiro atoms. The number of hydrogen-bond acceptors (Lipinski definition) is 5. The van der Waals surface area contributed by atoms with Crippen molar-refractivity contribution in [3.63, 3.8) is 0 Å². The van der Waals surface area contributed by atoms with E-state index in [1.165, 1.54) is 17.5 Å².